The number of allylic oxidation sites excluding steroid dienone is 2. The summed E-state index contributed by atoms with van der Waals surface area (Å²) >= 11 is 1.74. The second-order valence-corrected chi connectivity index (χ2v) is 7.99. The number of anilines is 1. The van der Waals surface area contributed by atoms with Gasteiger partial charge in [0.25, 0.3) is 0 Å². The van der Waals surface area contributed by atoms with Crippen molar-refractivity contribution < 1.29 is 4.74 Å². The van der Waals surface area contributed by atoms with E-state index in [9.17, 15) is 5.26 Å². The van der Waals surface area contributed by atoms with Crippen molar-refractivity contribution in [1.29, 1.82) is 15.8 Å². The first kappa shape index (κ1) is 20.4. The summed E-state index contributed by atoms with van der Waals surface area (Å²) in [4.78, 5) is 3.49. The molecule has 1 aliphatic heterocycles. The highest BCUT2D eigenvalue weighted by atomic mass is 32.1. The Kier molecular flexibility index (Phi) is 6.11. The molecule has 1 aliphatic rings. The highest BCUT2D eigenvalue weighted by Crippen LogP contribution is 2.43. The van der Waals surface area contributed by atoms with Gasteiger partial charge in [-0.2, -0.15) is 15.8 Å². The Balaban J connectivity index is 1.74. The maximum atomic E-state index is 9.38. The fourth-order valence-electron chi connectivity index (χ4n) is 3.55. The first-order valence-electron chi connectivity index (χ1n) is 9.82. The summed E-state index contributed by atoms with van der Waals surface area (Å²) in [6.45, 7) is 3.17. The van der Waals surface area contributed by atoms with Crippen LogP contribution in [0.4, 0.5) is 5.00 Å². The van der Waals surface area contributed by atoms with E-state index in [1.54, 1.807) is 35.6 Å². The molecule has 3 aromatic rings. The summed E-state index contributed by atoms with van der Waals surface area (Å²) in [5.74, 6) is 0. The van der Waals surface area contributed by atoms with Gasteiger partial charge in [0.2, 0.25) is 0 Å². The van der Waals surface area contributed by atoms with Crippen LogP contribution in [0.1, 0.15) is 5.56 Å². The van der Waals surface area contributed by atoms with E-state index in [-0.39, 0.29) is 11.1 Å². The van der Waals surface area contributed by atoms with E-state index in [1.807, 2.05) is 36.4 Å². The Hall–Kier alpha value is -3.89. The van der Waals surface area contributed by atoms with Crippen LogP contribution in [0.2, 0.25) is 0 Å². The number of nitrogens with zero attached hydrogens (tertiary/aromatic N) is 4. The SMILES string of the molecule is N#CC(C#N)=C(C#N)c1ccc(-c2cc(-c3ccccc3)c(N3CCOCC3)s2)cc1. The largest absolute Gasteiger partial charge is 0.378 e. The zero-order valence-corrected chi connectivity index (χ0v) is 17.5. The summed E-state index contributed by atoms with van der Waals surface area (Å²) in [5.41, 5.74) is 3.88. The number of ether oxygens (including phenoxy) is 1. The number of hydrogen-bond acceptors (Lipinski definition) is 6. The van der Waals surface area contributed by atoms with E-state index in [4.69, 9.17) is 15.3 Å². The molecule has 5 nitrogen and oxygen atoms in total. The molecule has 0 atom stereocenters. The monoisotopic (exact) mass is 422 g/mol. The minimum atomic E-state index is -0.174. The predicted octanol–water partition coefficient (Wildman–Crippen LogP) is 5.24. The van der Waals surface area contributed by atoms with Crippen LogP contribution in [-0.2, 0) is 4.74 Å². The number of hydrogen-bond donors (Lipinski definition) is 0. The molecule has 0 radical (unpaired) electrons. The van der Waals surface area contributed by atoms with Gasteiger partial charge in [0.05, 0.1) is 23.8 Å². The third kappa shape index (κ3) is 4.20. The van der Waals surface area contributed by atoms with Gasteiger partial charge in [0.1, 0.15) is 23.8 Å². The Morgan fingerprint density at radius 2 is 1.52 bits per heavy atom. The minimum Gasteiger partial charge on any atom is -0.378 e. The van der Waals surface area contributed by atoms with Crippen LogP contribution in [-0.4, -0.2) is 26.3 Å². The molecule has 2 aromatic carbocycles. The number of rotatable bonds is 4. The fourth-order valence-corrected chi connectivity index (χ4v) is 4.79. The molecule has 6 heteroatoms. The van der Waals surface area contributed by atoms with Gasteiger partial charge in [0, 0.05) is 23.5 Å². The van der Waals surface area contributed by atoms with Crippen molar-refractivity contribution >= 4 is 21.9 Å². The Bertz CT molecular complexity index is 1220. The average Bonchev–Trinajstić information content (AvgIpc) is 3.29. The second-order valence-electron chi connectivity index (χ2n) is 6.96. The molecule has 0 bridgehead atoms. The van der Waals surface area contributed by atoms with Gasteiger partial charge in [-0.25, -0.2) is 0 Å². The molecule has 1 saturated heterocycles. The molecule has 150 valence electrons. The van der Waals surface area contributed by atoms with Crippen molar-refractivity contribution in [2.45, 2.75) is 0 Å². The van der Waals surface area contributed by atoms with Crippen molar-refractivity contribution in [2.24, 2.45) is 0 Å². The van der Waals surface area contributed by atoms with Crippen LogP contribution >= 0.6 is 11.3 Å². The lowest BCUT2D eigenvalue weighted by Crippen LogP contribution is -2.35. The first-order chi connectivity index (χ1) is 15.2. The molecule has 0 amide bonds. The lowest BCUT2D eigenvalue weighted by molar-refractivity contribution is 0.123. The van der Waals surface area contributed by atoms with E-state index >= 15 is 0 Å². The Labute approximate surface area is 185 Å². The van der Waals surface area contributed by atoms with Gasteiger partial charge in [-0.1, -0.05) is 54.6 Å². The van der Waals surface area contributed by atoms with Crippen molar-refractivity contribution in [2.75, 3.05) is 31.2 Å². The van der Waals surface area contributed by atoms with Gasteiger partial charge < -0.3 is 9.64 Å². The molecule has 0 aliphatic carbocycles. The van der Waals surface area contributed by atoms with Gasteiger partial charge in [0.15, 0.2) is 0 Å². The zero-order valence-electron chi connectivity index (χ0n) is 16.7. The van der Waals surface area contributed by atoms with Crippen LogP contribution in [0.15, 0.2) is 66.2 Å². The van der Waals surface area contributed by atoms with E-state index in [0.29, 0.717) is 5.56 Å². The molecular formula is C25H18N4OS. The van der Waals surface area contributed by atoms with Gasteiger partial charge in [-0.15, -0.1) is 11.3 Å². The number of benzene rings is 2. The van der Waals surface area contributed by atoms with Crippen LogP contribution < -0.4 is 4.90 Å². The smallest absolute Gasteiger partial charge is 0.148 e. The summed E-state index contributed by atoms with van der Waals surface area (Å²) < 4.78 is 5.53. The normalized spacial score (nSPS) is 13.0. The van der Waals surface area contributed by atoms with Crippen LogP contribution in [0.5, 0.6) is 0 Å². The third-order valence-electron chi connectivity index (χ3n) is 5.14. The molecule has 4 rings (SSSR count). The average molecular weight is 423 g/mol. The lowest BCUT2D eigenvalue weighted by atomic mass is 10.00. The molecular weight excluding hydrogens is 404 g/mol. The lowest BCUT2D eigenvalue weighted by Gasteiger charge is -2.28. The van der Waals surface area contributed by atoms with Crippen molar-refractivity contribution in [1.82, 2.24) is 0 Å². The van der Waals surface area contributed by atoms with Gasteiger partial charge in [-0.05, 0) is 22.8 Å². The number of morpholine rings is 1. The molecule has 31 heavy (non-hydrogen) atoms. The van der Waals surface area contributed by atoms with Crippen molar-refractivity contribution in [3.05, 3.63) is 71.8 Å². The molecule has 0 N–H and O–H groups in total. The maximum absolute atomic E-state index is 9.38. The minimum absolute atomic E-state index is 0.0988. The maximum Gasteiger partial charge on any atom is 0.148 e. The van der Waals surface area contributed by atoms with Crippen molar-refractivity contribution in [3.63, 3.8) is 0 Å². The standard InChI is InChI=1S/C25H18N4OS/c26-15-21(16-27)23(17-28)19-6-8-20(9-7-19)24-14-22(18-4-2-1-3-5-18)25(31-24)29-10-12-30-13-11-29/h1-9,14H,10-13H2. The van der Waals surface area contributed by atoms with Crippen LogP contribution in [0, 0.1) is 34.0 Å². The fraction of sp³-hybridized carbons (Fsp3) is 0.160. The van der Waals surface area contributed by atoms with E-state index < -0.39 is 0 Å². The highest BCUT2D eigenvalue weighted by Gasteiger charge is 2.20. The zero-order chi connectivity index (χ0) is 21.6. The van der Waals surface area contributed by atoms with Crippen molar-refractivity contribution in [3.8, 4) is 39.8 Å². The third-order valence-corrected chi connectivity index (χ3v) is 6.38. The van der Waals surface area contributed by atoms with Gasteiger partial charge in [-0.3, -0.25) is 0 Å². The van der Waals surface area contributed by atoms with Crippen LogP contribution in [0.3, 0.4) is 0 Å². The van der Waals surface area contributed by atoms with E-state index in [2.05, 4.69) is 23.1 Å². The molecule has 0 unspecified atom stereocenters. The molecule has 0 spiro atoms. The molecule has 2 heterocycles. The quantitative estimate of drug-likeness (QED) is 0.537. The first-order valence-corrected chi connectivity index (χ1v) is 10.6. The Morgan fingerprint density at radius 3 is 2.13 bits per heavy atom. The number of thiophene rings is 1. The van der Waals surface area contributed by atoms with Crippen LogP contribution in [0.25, 0.3) is 27.1 Å². The number of nitriles is 3. The van der Waals surface area contributed by atoms with Gasteiger partial charge >= 0.3 is 0 Å². The summed E-state index contributed by atoms with van der Waals surface area (Å²) in [6, 6.07) is 25.6. The second kappa shape index (κ2) is 9.28. The topological polar surface area (TPSA) is 83.8 Å². The predicted molar refractivity (Wildman–Crippen MR) is 122 cm³/mol. The van der Waals surface area contributed by atoms with E-state index in [1.165, 1.54) is 16.1 Å². The molecule has 0 saturated carbocycles. The summed E-state index contributed by atoms with van der Waals surface area (Å²) in [6.07, 6.45) is 0. The van der Waals surface area contributed by atoms with E-state index in [0.717, 1.165) is 36.7 Å². The molecule has 1 aromatic heterocycles. The Morgan fingerprint density at radius 1 is 0.839 bits per heavy atom. The molecule has 1 fully saturated rings. The summed E-state index contributed by atoms with van der Waals surface area (Å²) in [7, 11) is 0. The highest BCUT2D eigenvalue weighted by molar-refractivity contribution is 7.20. The summed E-state index contributed by atoms with van der Waals surface area (Å²) in [5, 5.41) is 28.8.